The van der Waals surface area contributed by atoms with E-state index in [9.17, 15) is 19.5 Å². The summed E-state index contributed by atoms with van der Waals surface area (Å²) in [4.78, 5) is 36.2. The van der Waals surface area contributed by atoms with Crippen molar-refractivity contribution in [1.29, 1.82) is 0 Å². The average molecular weight is 355 g/mol. The number of rotatable bonds is 4. The quantitative estimate of drug-likeness (QED) is 0.817. The summed E-state index contributed by atoms with van der Waals surface area (Å²) < 4.78 is 1.16. The topological polar surface area (TPSA) is 101 Å². The minimum atomic E-state index is -0.889. The Morgan fingerprint density at radius 3 is 2.50 bits per heavy atom. The molecule has 2 aromatic rings. The molecule has 1 fully saturated rings. The number of hydrogen-bond acceptors (Lipinski definition) is 4. The molecule has 136 valence electrons. The van der Waals surface area contributed by atoms with Crippen LogP contribution in [0, 0.1) is 5.92 Å². The zero-order chi connectivity index (χ0) is 18.5. The Morgan fingerprint density at radius 1 is 1.04 bits per heavy atom. The van der Waals surface area contributed by atoms with Gasteiger partial charge in [-0.15, -0.1) is 0 Å². The monoisotopic (exact) mass is 355 g/mol. The molecule has 3 rings (SSSR count). The van der Waals surface area contributed by atoms with Crippen LogP contribution in [0.25, 0.3) is 5.69 Å². The largest absolute Gasteiger partial charge is 0.481 e. The van der Waals surface area contributed by atoms with Gasteiger partial charge in [0.2, 0.25) is 0 Å². The normalized spacial score (nSPS) is 20.2. The number of aromatic nitrogens is 2. The molecule has 0 saturated heterocycles. The third-order valence-corrected chi connectivity index (χ3v) is 4.68. The third kappa shape index (κ3) is 3.99. The van der Waals surface area contributed by atoms with Crippen LogP contribution in [0.3, 0.4) is 0 Å². The van der Waals surface area contributed by atoms with Gasteiger partial charge in [0, 0.05) is 12.1 Å². The van der Waals surface area contributed by atoms with Crippen molar-refractivity contribution < 1.29 is 14.7 Å². The smallest absolute Gasteiger partial charge is 0.308 e. The first-order valence-electron chi connectivity index (χ1n) is 8.76. The number of para-hydroxylation sites is 1. The van der Waals surface area contributed by atoms with Crippen molar-refractivity contribution in [2.24, 2.45) is 5.92 Å². The van der Waals surface area contributed by atoms with Crippen LogP contribution in [-0.4, -0.2) is 32.8 Å². The van der Waals surface area contributed by atoms with Gasteiger partial charge in [-0.05, 0) is 31.0 Å². The number of carboxylic acids is 1. The number of carboxylic acid groups (broad SMARTS) is 1. The van der Waals surface area contributed by atoms with Gasteiger partial charge in [0.15, 0.2) is 0 Å². The van der Waals surface area contributed by atoms with Crippen molar-refractivity contribution in [2.45, 2.75) is 38.1 Å². The molecule has 1 aliphatic carbocycles. The van der Waals surface area contributed by atoms with E-state index in [0.717, 1.165) is 23.9 Å². The van der Waals surface area contributed by atoms with Gasteiger partial charge in [-0.25, -0.2) is 0 Å². The summed E-state index contributed by atoms with van der Waals surface area (Å²) in [6.07, 6.45) is 3.87. The van der Waals surface area contributed by atoms with E-state index >= 15 is 0 Å². The second kappa shape index (κ2) is 7.95. The number of nitrogens with zero attached hydrogens (tertiary/aromatic N) is 2. The fourth-order valence-corrected chi connectivity index (χ4v) is 3.30. The number of benzene rings is 1. The molecule has 7 heteroatoms. The Morgan fingerprint density at radius 2 is 1.77 bits per heavy atom. The summed E-state index contributed by atoms with van der Waals surface area (Å²) in [7, 11) is 0. The molecule has 0 bridgehead atoms. The number of nitrogens with one attached hydrogen (secondary N) is 1. The lowest BCUT2D eigenvalue weighted by Gasteiger charge is -2.22. The highest BCUT2D eigenvalue weighted by Gasteiger charge is 2.31. The van der Waals surface area contributed by atoms with Gasteiger partial charge >= 0.3 is 5.97 Å². The van der Waals surface area contributed by atoms with E-state index < -0.39 is 23.8 Å². The molecule has 1 heterocycles. The maximum Gasteiger partial charge on any atom is 0.308 e. The summed E-state index contributed by atoms with van der Waals surface area (Å²) >= 11 is 0. The molecule has 1 saturated carbocycles. The SMILES string of the molecule is O=C(N[C@H]1CCCCC[C@H]1C(=O)O)c1ccc(=O)n(-c2ccccc2)n1. The van der Waals surface area contributed by atoms with Crippen LogP contribution >= 0.6 is 0 Å². The fourth-order valence-electron chi connectivity index (χ4n) is 3.30. The average Bonchev–Trinajstić information content (AvgIpc) is 2.88. The number of carbonyl (C=O) groups excluding carboxylic acids is 1. The lowest BCUT2D eigenvalue weighted by molar-refractivity contribution is -0.142. The van der Waals surface area contributed by atoms with E-state index in [2.05, 4.69) is 10.4 Å². The molecule has 1 amide bonds. The van der Waals surface area contributed by atoms with Gasteiger partial charge in [-0.3, -0.25) is 14.4 Å². The highest BCUT2D eigenvalue weighted by atomic mass is 16.4. The Hall–Kier alpha value is -2.96. The Balaban J connectivity index is 1.83. The van der Waals surface area contributed by atoms with Crippen LogP contribution in [-0.2, 0) is 4.79 Å². The summed E-state index contributed by atoms with van der Waals surface area (Å²) in [5.74, 6) is -1.95. The van der Waals surface area contributed by atoms with Crippen LogP contribution in [0.2, 0.25) is 0 Å². The van der Waals surface area contributed by atoms with E-state index in [1.54, 1.807) is 24.3 Å². The molecular formula is C19H21N3O4. The van der Waals surface area contributed by atoms with Crippen LogP contribution in [0.15, 0.2) is 47.3 Å². The van der Waals surface area contributed by atoms with Crippen molar-refractivity contribution in [2.75, 3.05) is 0 Å². The van der Waals surface area contributed by atoms with Crippen molar-refractivity contribution in [1.82, 2.24) is 15.1 Å². The summed E-state index contributed by atoms with van der Waals surface area (Å²) in [5, 5.41) is 16.4. The van der Waals surface area contributed by atoms with E-state index in [-0.39, 0.29) is 11.3 Å². The molecule has 1 aliphatic rings. The highest BCUT2D eigenvalue weighted by Crippen LogP contribution is 2.24. The minimum absolute atomic E-state index is 0.0850. The first kappa shape index (κ1) is 17.8. The lowest BCUT2D eigenvalue weighted by atomic mass is 9.95. The van der Waals surface area contributed by atoms with Crippen molar-refractivity contribution >= 4 is 11.9 Å². The maximum atomic E-state index is 12.6. The standard InChI is InChI=1S/C19H21N3O4/c23-17-12-11-16(21-22(17)13-7-3-1-4-8-13)18(24)20-15-10-6-2-5-9-14(15)19(25)26/h1,3-4,7-8,11-12,14-15H,2,5-6,9-10H2,(H,20,24)(H,25,26)/t14-,15+/m1/s1. The molecular weight excluding hydrogens is 334 g/mol. The van der Waals surface area contributed by atoms with Crippen LogP contribution in [0.5, 0.6) is 0 Å². The molecule has 2 atom stereocenters. The third-order valence-electron chi connectivity index (χ3n) is 4.68. The number of aliphatic carboxylic acids is 1. The molecule has 0 unspecified atom stereocenters. The Labute approximate surface area is 150 Å². The predicted molar refractivity (Wildman–Crippen MR) is 95.3 cm³/mol. The van der Waals surface area contributed by atoms with Crippen molar-refractivity contribution in [3.05, 3.63) is 58.5 Å². The number of hydrogen-bond donors (Lipinski definition) is 2. The van der Waals surface area contributed by atoms with Gasteiger partial charge in [0.05, 0.1) is 11.6 Å². The van der Waals surface area contributed by atoms with Gasteiger partial charge in [0.1, 0.15) is 5.69 Å². The summed E-state index contributed by atoms with van der Waals surface area (Å²) in [6, 6.07) is 11.0. The molecule has 0 spiro atoms. The van der Waals surface area contributed by atoms with Gasteiger partial charge in [-0.1, -0.05) is 37.5 Å². The van der Waals surface area contributed by atoms with E-state index in [0.29, 0.717) is 18.5 Å². The van der Waals surface area contributed by atoms with Crippen molar-refractivity contribution in [3.8, 4) is 5.69 Å². The first-order chi connectivity index (χ1) is 12.6. The molecule has 1 aromatic heterocycles. The molecule has 7 nitrogen and oxygen atoms in total. The maximum absolute atomic E-state index is 12.6. The van der Waals surface area contributed by atoms with Gasteiger partial charge < -0.3 is 10.4 Å². The molecule has 0 radical (unpaired) electrons. The molecule has 0 aliphatic heterocycles. The lowest BCUT2D eigenvalue weighted by Crippen LogP contribution is -2.43. The zero-order valence-corrected chi connectivity index (χ0v) is 14.3. The Kier molecular flexibility index (Phi) is 5.46. The van der Waals surface area contributed by atoms with Crippen LogP contribution < -0.4 is 10.9 Å². The molecule has 26 heavy (non-hydrogen) atoms. The van der Waals surface area contributed by atoms with Gasteiger partial charge in [-0.2, -0.15) is 9.78 Å². The first-order valence-corrected chi connectivity index (χ1v) is 8.76. The minimum Gasteiger partial charge on any atom is -0.481 e. The predicted octanol–water partition coefficient (Wildman–Crippen LogP) is 2.00. The summed E-state index contributed by atoms with van der Waals surface area (Å²) in [5.41, 5.74) is 0.303. The van der Waals surface area contributed by atoms with E-state index in [1.165, 1.54) is 12.1 Å². The van der Waals surface area contributed by atoms with E-state index in [1.807, 2.05) is 6.07 Å². The molecule has 1 aromatic carbocycles. The van der Waals surface area contributed by atoms with Crippen molar-refractivity contribution in [3.63, 3.8) is 0 Å². The number of carbonyl (C=O) groups is 2. The summed E-state index contributed by atoms with van der Waals surface area (Å²) in [6.45, 7) is 0. The highest BCUT2D eigenvalue weighted by molar-refractivity contribution is 5.92. The van der Waals surface area contributed by atoms with E-state index in [4.69, 9.17) is 0 Å². The zero-order valence-electron chi connectivity index (χ0n) is 14.3. The second-order valence-electron chi connectivity index (χ2n) is 6.47. The number of amides is 1. The van der Waals surface area contributed by atoms with Crippen LogP contribution in [0.4, 0.5) is 0 Å². The van der Waals surface area contributed by atoms with Crippen LogP contribution in [0.1, 0.15) is 42.6 Å². The molecule has 2 N–H and O–H groups in total. The Bertz CT molecular complexity index is 847. The fraction of sp³-hybridized carbons (Fsp3) is 0.368. The van der Waals surface area contributed by atoms with Gasteiger partial charge in [0.25, 0.3) is 11.5 Å². The second-order valence-corrected chi connectivity index (χ2v) is 6.47.